The van der Waals surface area contributed by atoms with Crippen molar-refractivity contribution < 1.29 is 19.4 Å². The van der Waals surface area contributed by atoms with Gasteiger partial charge in [-0.25, -0.2) is 0 Å². The van der Waals surface area contributed by atoms with Crippen molar-refractivity contribution in [2.24, 2.45) is 0 Å². The predicted octanol–water partition coefficient (Wildman–Crippen LogP) is 2.62. The number of amides is 2. The molecule has 0 unspecified atom stereocenters. The van der Waals surface area contributed by atoms with Crippen LogP contribution in [0.15, 0.2) is 54.6 Å². The third-order valence-corrected chi connectivity index (χ3v) is 5.38. The van der Waals surface area contributed by atoms with Crippen molar-refractivity contribution in [3.63, 3.8) is 0 Å². The molecular weight excluding hydrogens is 356 g/mol. The summed E-state index contributed by atoms with van der Waals surface area (Å²) < 4.78 is 5.10. The topological polar surface area (TPSA) is 87.7 Å². The highest BCUT2D eigenvalue weighted by molar-refractivity contribution is 5.99. The Morgan fingerprint density at radius 3 is 2.29 bits per heavy atom. The summed E-state index contributed by atoms with van der Waals surface area (Å²) in [6, 6.07) is 15.5. The summed E-state index contributed by atoms with van der Waals surface area (Å²) in [5.74, 6) is 0.0124. The smallest absolute Gasteiger partial charge is 0.249 e. The second-order valence-corrected chi connectivity index (χ2v) is 7.08. The molecule has 28 heavy (non-hydrogen) atoms. The molecule has 0 saturated heterocycles. The molecule has 148 valence electrons. The summed E-state index contributed by atoms with van der Waals surface area (Å²) >= 11 is 0. The second-order valence-electron chi connectivity index (χ2n) is 7.08. The first-order valence-corrected chi connectivity index (χ1v) is 9.51. The van der Waals surface area contributed by atoms with E-state index < -0.39 is 24.0 Å². The number of benzene rings is 2. The van der Waals surface area contributed by atoms with Crippen LogP contribution >= 0.6 is 0 Å². The molecule has 3 N–H and O–H groups in total. The van der Waals surface area contributed by atoms with Gasteiger partial charge in [0.25, 0.3) is 0 Å². The highest BCUT2D eigenvalue weighted by atomic mass is 16.5. The number of nitrogens with one attached hydrogen (secondary N) is 2. The lowest BCUT2D eigenvalue weighted by atomic mass is 9.78. The Balaban J connectivity index is 1.71. The van der Waals surface area contributed by atoms with Gasteiger partial charge in [-0.05, 0) is 42.7 Å². The van der Waals surface area contributed by atoms with Gasteiger partial charge in [0.2, 0.25) is 11.8 Å². The number of rotatable bonds is 7. The molecule has 3 rings (SSSR count). The number of anilines is 1. The normalized spacial score (nSPS) is 16.2. The van der Waals surface area contributed by atoms with Crippen molar-refractivity contribution >= 4 is 17.5 Å². The molecule has 1 atom stereocenters. The second kappa shape index (κ2) is 8.89. The number of hydrogen-bond acceptors (Lipinski definition) is 4. The van der Waals surface area contributed by atoms with E-state index in [2.05, 4.69) is 10.6 Å². The average Bonchev–Trinajstić information content (AvgIpc) is 3.24. The minimum atomic E-state index is -1.02. The van der Waals surface area contributed by atoms with Gasteiger partial charge in [-0.2, -0.15) is 0 Å². The van der Waals surface area contributed by atoms with Crippen LogP contribution in [0.4, 0.5) is 5.69 Å². The van der Waals surface area contributed by atoms with E-state index in [1.54, 1.807) is 31.4 Å². The maximum Gasteiger partial charge on any atom is 0.249 e. The fourth-order valence-corrected chi connectivity index (χ4v) is 3.78. The van der Waals surface area contributed by atoms with Gasteiger partial charge in [-0.3, -0.25) is 9.59 Å². The van der Waals surface area contributed by atoms with Crippen LogP contribution in [-0.2, 0) is 15.0 Å². The zero-order valence-electron chi connectivity index (χ0n) is 16.0. The number of aliphatic hydroxyl groups is 1. The highest BCUT2D eigenvalue weighted by Crippen LogP contribution is 2.41. The molecule has 1 aliphatic rings. The Labute approximate surface area is 164 Å². The SMILES string of the molecule is COc1ccc(NC(=O)[C@H](CO)NC(=O)C2(c3ccccc3)CCCC2)cc1. The fraction of sp³-hybridized carbons (Fsp3) is 0.364. The number of hydrogen-bond donors (Lipinski definition) is 3. The van der Waals surface area contributed by atoms with Gasteiger partial charge in [0.1, 0.15) is 11.8 Å². The average molecular weight is 382 g/mol. The molecule has 1 fully saturated rings. The zero-order chi connectivity index (χ0) is 20.0. The first-order valence-electron chi connectivity index (χ1n) is 9.51. The van der Waals surface area contributed by atoms with Crippen LogP contribution in [0.2, 0.25) is 0 Å². The van der Waals surface area contributed by atoms with Crippen LogP contribution < -0.4 is 15.4 Å². The fourth-order valence-electron chi connectivity index (χ4n) is 3.78. The lowest BCUT2D eigenvalue weighted by Gasteiger charge is -2.30. The first kappa shape index (κ1) is 19.9. The molecule has 0 radical (unpaired) electrons. The van der Waals surface area contributed by atoms with Crippen molar-refractivity contribution in [3.05, 3.63) is 60.2 Å². The van der Waals surface area contributed by atoms with Gasteiger partial charge in [0.05, 0.1) is 19.1 Å². The molecule has 2 amide bonds. The van der Waals surface area contributed by atoms with E-state index in [9.17, 15) is 14.7 Å². The number of aliphatic hydroxyl groups excluding tert-OH is 1. The quantitative estimate of drug-likeness (QED) is 0.687. The van der Waals surface area contributed by atoms with Gasteiger partial charge < -0.3 is 20.5 Å². The van der Waals surface area contributed by atoms with Crippen molar-refractivity contribution in [3.8, 4) is 5.75 Å². The third-order valence-electron chi connectivity index (χ3n) is 5.38. The van der Waals surface area contributed by atoms with E-state index in [4.69, 9.17) is 4.74 Å². The number of ether oxygens (including phenoxy) is 1. The van der Waals surface area contributed by atoms with E-state index in [0.717, 1.165) is 31.2 Å². The molecule has 0 aromatic heterocycles. The maximum absolute atomic E-state index is 13.2. The van der Waals surface area contributed by atoms with E-state index in [1.807, 2.05) is 30.3 Å². The van der Waals surface area contributed by atoms with E-state index in [0.29, 0.717) is 11.4 Å². The zero-order valence-corrected chi connectivity index (χ0v) is 16.0. The van der Waals surface area contributed by atoms with Gasteiger partial charge in [0.15, 0.2) is 0 Å². The summed E-state index contributed by atoms with van der Waals surface area (Å²) in [5, 5.41) is 15.2. The van der Waals surface area contributed by atoms with E-state index in [-0.39, 0.29) is 5.91 Å². The standard InChI is InChI=1S/C22H26N2O4/c1-28-18-11-9-17(10-12-18)23-20(26)19(15-25)24-21(27)22(13-5-6-14-22)16-7-3-2-4-8-16/h2-4,7-12,19,25H,5-6,13-15H2,1H3,(H,23,26)(H,24,27)/t19-/m0/s1. The van der Waals surface area contributed by atoms with Crippen LogP contribution in [0, 0.1) is 0 Å². The number of methoxy groups -OCH3 is 1. The Morgan fingerprint density at radius 2 is 1.71 bits per heavy atom. The van der Waals surface area contributed by atoms with Gasteiger partial charge in [-0.15, -0.1) is 0 Å². The molecule has 2 aromatic carbocycles. The molecule has 6 heteroatoms. The molecule has 2 aromatic rings. The van der Waals surface area contributed by atoms with Crippen molar-refractivity contribution in [2.75, 3.05) is 19.0 Å². The molecule has 0 bridgehead atoms. The van der Waals surface area contributed by atoms with Crippen LogP contribution in [-0.4, -0.2) is 36.7 Å². The van der Waals surface area contributed by atoms with Crippen LogP contribution in [0.5, 0.6) is 5.75 Å². The van der Waals surface area contributed by atoms with E-state index >= 15 is 0 Å². The highest BCUT2D eigenvalue weighted by Gasteiger charge is 2.43. The Hall–Kier alpha value is -2.86. The monoisotopic (exact) mass is 382 g/mol. The number of carbonyl (C=O) groups excluding carboxylic acids is 2. The Kier molecular flexibility index (Phi) is 6.31. The minimum Gasteiger partial charge on any atom is -0.497 e. The lowest BCUT2D eigenvalue weighted by Crippen LogP contribution is -2.52. The minimum absolute atomic E-state index is 0.208. The molecule has 1 saturated carbocycles. The molecule has 1 aliphatic carbocycles. The maximum atomic E-state index is 13.2. The third kappa shape index (κ3) is 4.17. The summed E-state index contributed by atoms with van der Waals surface area (Å²) in [6.07, 6.45) is 3.40. The summed E-state index contributed by atoms with van der Waals surface area (Å²) in [5.41, 5.74) is 0.879. The molecule has 0 aliphatic heterocycles. The van der Waals surface area contributed by atoms with Crippen LogP contribution in [0.1, 0.15) is 31.2 Å². The molecule has 0 spiro atoms. The van der Waals surface area contributed by atoms with Gasteiger partial charge in [-0.1, -0.05) is 43.2 Å². The Morgan fingerprint density at radius 1 is 1.07 bits per heavy atom. The van der Waals surface area contributed by atoms with Crippen LogP contribution in [0.25, 0.3) is 0 Å². The predicted molar refractivity (Wildman–Crippen MR) is 107 cm³/mol. The van der Waals surface area contributed by atoms with Gasteiger partial charge in [0, 0.05) is 5.69 Å². The summed E-state index contributed by atoms with van der Waals surface area (Å²) in [7, 11) is 1.57. The van der Waals surface area contributed by atoms with Crippen molar-refractivity contribution in [2.45, 2.75) is 37.1 Å². The number of carbonyl (C=O) groups is 2. The molecule has 0 heterocycles. The molecule has 6 nitrogen and oxygen atoms in total. The van der Waals surface area contributed by atoms with Crippen molar-refractivity contribution in [1.29, 1.82) is 0 Å². The summed E-state index contributed by atoms with van der Waals surface area (Å²) in [6.45, 7) is -0.474. The van der Waals surface area contributed by atoms with Gasteiger partial charge >= 0.3 is 0 Å². The summed E-state index contributed by atoms with van der Waals surface area (Å²) in [4.78, 5) is 25.7. The lowest BCUT2D eigenvalue weighted by molar-refractivity contribution is -0.131. The first-order chi connectivity index (χ1) is 13.6. The van der Waals surface area contributed by atoms with Crippen LogP contribution in [0.3, 0.4) is 0 Å². The molecular formula is C22H26N2O4. The Bertz CT molecular complexity index is 799. The van der Waals surface area contributed by atoms with E-state index in [1.165, 1.54) is 0 Å². The largest absolute Gasteiger partial charge is 0.497 e. The van der Waals surface area contributed by atoms with Crippen molar-refractivity contribution in [1.82, 2.24) is 5.32 Å².